The van der Waals surface area contributed by atoms with E-state index in [0.717, 1.165) is 0 Å². The first kappa shape index (κ1) is 7.90. The predicted octanol–water partition coefficient (Wildman–Crippen LogP) is -2.74. The van der Waals surface area contributed by atoms with Crippen LogP contribution >= 0.6 is 0 Å². The van der Waals surface area contributed by atoms with E-state index in [9.17, 15) is 0 Å². The van der Waals surface area contributed by atoms with Crippen LogP contribution in [0.4, 0.5) is 0 Å². The van der Waals surface area contributed by atoms with Crippen LogP contribution in [-0.2, 0) is 0 Å². The third-order valence-corrected chi connectivity index (χ3v) is 1.63. The minimum atomic E-state index is -1.06. The first-order chi connectivity index (χ1) is 4.61. The van der Waals surface area contributed by atoms with Crippen molar-refractivity contribution < 1.29 is 15.3 Å². The fraction of sp³-hybridized carbons (Fsp3) is 1.00. The van der Waals surface area contributed by atoms with Crippen molar-refractivity contribution >= 4 is 0 Å². The van der Waals surface area contributed by atoms with E-state index in [4.69, 9.17) is 21.2 Å². The molecule has 0 bridgehead atoms. The number of rotatable bonds is 0. The lowest BCUT2D eigenvalue weighted by Gasteiger charge is -2.33. The van der Waals surface area contributed by atoms with E-state index in [0.29, 0.717) is 0 Å². The first-order valence-corrected chi connectivity index (χ1v) is 3.15. The molecule has 0 saturated carbocycles. The van der Waals surface area contributed by atoms with Crippen LogP contribution in [0.15, 0.2) is 0 Å². The second kappa shape index (κ2) is 2.81. The molecule has 0 radical (unpaired) electrons. The zero-order valence-corrected chi connectivity index (χ0v) is 5.51. The molecule has 0 aliphatic carbocycles. The van der Waals surface area contributed by atoms with Crippen LogP contribution in [-0.4, -0.2) is 51.7 Å². The van der Waals surface area contributed by atoms with Crippen molar-refractivity contribution in [3.05, 3.63) is 0 Å². The van der Waals surface area contributed by atoms with Crippen molar-refractivity contribution in [1.29, 1.82) is 0 Å². The topological polar surface area (TPSA) is 90.0 Å². The van der Waals surface area contributed by atoms with Gasteiger partial charge in [-0.05, 0) is 0 Å². The largest absolute Gasteiger partial charge is 0.389 e. The molecule has 5 N–H and O–H groups in total. The third-order valence-electron chi connectivity index (χ3n) is 1.63. The van der Waals surface area contributed by atoms with E-state index in [1.165, 1.54) is 5.01 Å². The average molecular weight is 148 g/mol. The van der Waals surface area contributed by atoms with Gasteiger partial charge in [0.25, 0.3) is 0 Å². The minimum Gasteiger partial charge on any atom is -0.389 e. The van der Waals surface area contributed by atoms with E-state index in [1.807, 2.05) is 0 Å². The molecule has 5 nitrogen and oxygen atoms in total. The highest BCUT2D eigenvalue weighted by atomic mass is 16.4. The van der Waals surface area contributed by atoms with Gasteiger partial charge in [0.1, 0.15) is 6.10 Å². The van der Waals surface area contributed by atoms with Crippen LogP contribution in [0.5, 0.6) is 0 Å². The van der Waals surface area contributed by atoms with Crippen molar-refractivity contribution in [2.45, 2.75) is 18.3 Å². The number of nitrogens with two attached hydrogens (primary N) is 1. The van der Waals surface area contributed by atoms with Crippen LogP contribution in [0, 0.1) is 0 Å². The molecule has 1 heterocycles. The van der Waals surface area contributed by atoms with E-state index in [1.54, 1.807) is 0 Å². The zero-order chi connectivity index (χ0) is 7.72. The summed E-state index contributed by atoms with van der Waals surface area (Å²) in [6.07, 6.45) is -2.93. The van der Waals surface area contributed by atoms with Crippen molar-refractivity contribution in [1.82, 2.24) is 5.01 Å². The molecular formula is C5H12N2O3. The van der Waals surface area contributed by atoms with Crippen LogP contribution in [0.2, 0.25) is 0 Å². The summed E-state index contributed by atoms with van der Waals surface area (Å²) in [5.74, 6) is 5.28. The van der Waals surface area contributed by atoms with Gasteiger partial charge in [-0.3, -0.25) is 5.84 Å². The molecule has 5 heteroatoms. The van der Waals surface area contributed by atoms with E-state index >= 15 is 0 Å². The SMILES string of the molecule is NN1CC(O)C(O)C(O)C1. The molecule has 1 aliphatic rings. The van der Waals surface area contributed by atoms with Gasteiger partial charge in [0.15, 0.2) is 0 Å². The van der Waals surface area contributed by atoms with Crippen molar-refractivity contribution in [2.75, 3.05) is 13.1 Å². The van der Waals surface area contributed by atoms with E-state index in [-0.39, 0.29) is 13.1 Å². The molecule has 0 aromatic heterocycles. The Morgan fingerprint density at radius 1 is 1.10 bits per heavy atom. The highest BCUT2D eigenvalue weighted by Gasteiger charge is 2.31. The summed E-state index contributed by atoms with van der Waals surface area (Å²) in [6, 6.07) is 0. The summed E-state index contributed by atoms with van der Waals surface area (Å²) in [4.78, 5) is 0. The van der Waals surface area contributed by atoms with E-state index in [2.05, 4.69) is 0 Å². The molecule has 0 aromatic carbocycles. The summed E-state index contributed by atoms with van der Waals surface area (Å²) in [5, 5.41) is 28.2. The van der Waals surface area contributed by atoms with Crippen LogP contribution in [0.25, 0.3) is 0 Å². The minimum absolute atomic E-state index is 0.207. The Balaban J connectivity index is 2.49. The monoisotopic (exact) mass is 148 g/mol. The van der Waals surface area contributed by atoms with Gasteiger partial charge >= 0.3 is 0 Å². The van der Waals surface area contributed by atoms with Crippen molar-refractivity contribution in [3.8, 4) is 0 Å². The summed E-state index contributed by atoms with van der Waals surface area (Å²) in [7, 11) is 0. The lowest BCUT2D eigenvalue weighted by molar-refractivity contribution is -0.110. The van der Waals surface area contributed by atoms with Crippen LogP contribution in [0.1, 0.15) is 0 Å². The molecule has 1 fully saturated rings. The molecular weight excluding hydrogens is 136 g/mol. The van der Waals surface area contributed by atoms with E-state index < -0.39 is 18.3 Å². The van der Waals surface area contributed by atoms with Gasteiger partial charge in [-0.2, -0.15) is 0 Å². The zero-order valence-electron chi connectivity index (χ0n) is 5.51. The molecule has 1 aliphatic heterocycles. The number of β-amino-alcohol motifs (C(OH)–C–C–N with tert-alkyl or cyclic N) is 2. The number of hydrogen-bond acceptors (Lipinski definition) is 5. The number of aliphatic hydroxyl groups is 3. The summed E-state index contributed by atoms with van der Waals surface area (Å²) in [5.41, 5.74) is 0. The maximum atomic E-state index is 8.99. The summed E-state index contributed by atoms with van der Waals surface area (Å²) in [6.45, 7) is 0.413. The first-order valence-electron chi connectivity index (χ1n) is 3.15. The maximum Gasteiger partial charge on any atom is 0.108 e. The number of hydrazine groups is 1. The molecule has 0 spiro atoms. The Bertz CT molecular complexity index is 109. The Morgan fingerprint density at radius 2 is 1.50 bits per heavy atom. The molecule has 60 valence electrons. The Labute approximate surface area is 58.6 Å². The highest BCUT2D eigenvalue weighted by Crippen LogP contribution is 2.07. The van der Waals surface area contributed by atoms with Crippen LogP contribution < -0.4 is 5.84 Å². The smallest absolute Gasteiger partial charge is 0.108 e. The highest BCUT2D eigenvalue weighted by molar-refractivity contribution is 4.83. The summed E-state index contributed by atoms with van der Waals surface area (Å²) < 4.78 is 0. The number of piperidine rings is 1. The number of hydrogen-bond donors (Lipinski definition) is 4. The third kappa shape index (κ3) is 1.44. The second-order valence-electron chi connectivity index (χ2n) is 2.58. The van der Waals surface area contributed by atoms with Gasteiger partial charge in [0.2, 0.25) is 0 Å². The number of nitrogens with zero attached hydrogens (tertiary/aromatic N) is 1. The van der Waals surface area contributed by atoms with Gasteiger partial charge < -0.3 is 15.3 Å². The fourth-order valence-electron chi connectivity index (χ4n) is 1.03. The fourth-order valence-corrected chi connectivity index (χ4v) is 1.03. The molecule has 0 aromatic rings. The Kier molecular flexibility index (Phi) is 2.22. The molecule has 1 saturated heterocycles. The molecule has 0 amide bonds. The van der Waals surface area contributed by atoms with Gasteiger partial charge in [-0.25, -0.2) is 5.01 Å². The maximum absolute atomic E-state index is 8.99. The Hall–Kier alpha value is -0.200. The Morgan fingerprint density at radius 3 is 1.90 bits per heavy atom. The molecule has 2 atom stereocenters. The van der Waals surface area contributed by atoms with Gasteiger partial charge in [-0.15, -0.1) is 0 Å². The van der Waals surface area contributed by atoms with Crippen molar-refractivity contribution in [3.63, 3.8) is 0 Å². The average Bonchev–Trinajstić information content (AvgIpc) is 1.82. The number of aliphatic hydroxyl groups excluding tert-OH is 3. The molecule has 1 rings (SSSR count). The quantitative estimate of drug-likeness (QED) is 0.280. The standard InChI is InChI=1S/C5H12N2O3/c6-7-1-3(8)5(10)4(9)2-7/h3-5,8-10H,1-2,6H2. The lowest BCUT2D eigenvalue weighted by Crippen LogP contribution is -2.57. The predicted molar refractivity (Wildman–Crippen MR) is 33.8 cm³/mol. The van der Waals surface area contributed by atoms with Gasteiger partial charge in [-0.1, -0.05) is 0 Å². The second-order valence-corrected chi connectivity index (χ2v) is 2.58. The van der Waals surface area contributed by atoms with Crippen molar-refractivity contribution in [2.24, 2.45) is 5.84 Å². The molecule has 10 heavy (non-hydrogen) atoms. The molecule has 2 unspecified atom stereocenters. The van der Waals surface area contributed by atoms with Crippen LogP contribution in [0.3, 0.4) is 0 Å². The van der Waals surface area contributed by atoms with Gasteiger partial charge in [0, 0.05) is 13.1 Å². The normalized spacial score (nSPS) is 43.8. The summed E-state index contributed by atoms with van der Waals surface area (Å²) >= 11 is 0. The van der Waals surface area contributed by atoms with Gasteiger partial charge in [0.05, 0.1) is 12.2 Å². The lowest BCUT2D eigenvalue weighted by atomic mass is 10.0.